The smallest absolute Gasteiger partial charge is 0.207 e. The molecule has 0 N–H and O–H groups in total. The third-order valence-electron chi connectivity index (χ3n) is 3.83. The van der Waals surface area contributed by atoms with E-state index >= 15 is 0 Å². The highest BCUT2D eigenvalue weighted by molar-refractivity contribution is 9.10. The van der Waals surface area contributed by atoms with Crippen LogP contribution in [0.1, 0.15) is 25.2 Å². The minimum absolute atomic E-state index is 0.0353. The Morgan fingerprint density at radius 1 is 1.04 bits per heavy atom. The van der Waals surface area contributed by atoms with E-state index in [1.165, 1.54) is 30.3 Å². The van der Waals surface area contributed by atoms with Gasteiger partial charge in [-0.3, -0.25) is 0 Å². The normalized spacial score (nSPS) is 12.7. The maximum Gasteiger partial charge on any atom is 0.283 e. The number of aryl methyl sites for hydroxylation is 1. The molecule has 2 aromatic rings. The Labute approximate surface area is 156 Å². The van der Waals surface area contributed by atoms with Crippen molar-refractivity contribution in [1.82, 2.24) is 13.5 Å². The minimum atomic E-state index is -3.99. The van der Waals surface area contributed by atoms with Crippen LogP contribution in [0.4, 0.5) is 0 Å². The molecule has 25 heavy (non-hydrogen) atoms. The number of aromatic nitrogens is 2. The lowest BCUT2D eigenvalue weighted by Gasteiger charge is -2.18. The highest BCUT2D eigenvalue weighted by Crippen LogP contribution is 2.26. The number of hydrogen-bond donors (Lipinski definition) is 0. The van der Waals surface area contributed by atoms with Crippen molar-refractivity contribution in [2.75, 3.05) is 13.1 Å². The molecule has 0 unspecified atom stereocenters. The SMILES string of the molecule is CCN(CC)S(=O)(=O)c1c(C)nn(S(=O)(=O)c2ccc(Br)cc2)c1C. The van der Waals surface area contributed by atoms with Crippen LogP contribution in [0.5, 0.6) is 0 Å². The first-order valence-electron chi connectivity index (χ1n) is 7.64. The molecule has 0 fully saturated rings. The molecular weight excluding hydrogens is 430 g/mol. The summed E-state index contributed by atoms with van der Waals surface area (Å²) in [6, 6.07) is 6.08. The van der Waals surface area contributed by atoms with E-state index in [0.29, 0.717) is 13.1 Å². The Kier molecular flexibility index (Phi) is 5.77. The average molecular weight is 450 g/mol. The highest BCUT2D eigenvalue weighted by atomic mass is 79.9. The van der Waals surface area contributed by atoms with Crippen LogP contribution in [0.2, 0.25) is 0 Å². The monoisotopic (exact) mass is 449 g/mol. The minimum Gasteiger partial charge on any atom is -0.207 e. The summed E-state index contributed by atoms with van der Waals surface area (Å²) in [6.45, 7) is 7.00. The van der Waals surface area contributed by atoms with Crippen LogP contribution in [-0.2, 0) is 20.0 Å². The molecule has 2 rings (SSSR count). The van der Waals surface area contributed by atoms with Gasteiger partial charge in [0.15, 0.2) is 0 Å². The van der Waals surface area contributed by atoms with Crippen molar-refractivity contribution in [1.29, 1.82) is 0 Å². The molecule has 1 aromatic heterocycles. The zero-order valence-electron chi connectivity index (χ0n) is 14.4. The topological polar surface area (TPSA) is 89.3 Å². The van der Waals surface area contributed by atoms with Crippen LogP contribution in [0, 0.1) is 13.8 Å². The van der Waals surface area contributed by atoms with Gasteiger partial charge in [-0.1, -0.05) is 29.8 Å². The van der Waals surface area contributed by atoms with Gasteiger partial charge < -0.3 is 0 Å². The van der Waals surface area contributed by atoms with Crippen molar-refractivity contribution in [2.24, 2.45) is 0 Å². The lowest BCUT2D eigenvalue weighted by molar-refractivity contribution is 0.444. The molecule has 0 spiro atoms. The van der Waals surface area contributed by atoms with Crippen LogP contribution < -0.4 is 0 Å². The Morgan fingerprint density at radius 3 is 2.04 bits per heavy atom. The molecule has 0 saturated heterocycles. The summed E-state index contributed by atoms with van der Waals surface area (Å²) < 4.78 is 54.2. The number of nitrogens with zero attached hydrogens (tertiary/aromatic N) is 3. The van der Waals surface area contributed by atoms with E-state index in [2.05, 4.69) is 21.0 Å². The number of hydrogen-bond acceptors (Lipinski definition) is 5. The molecule has 7 nitrogen and oxygen atoms in total. The van der Waals surface area contributed by atoms with E-state index in [1.807, 2.05) is 0 Å². The lowest BCUT2D eigenvalue weighted by atomic mass is 10.4. The molecule has 138 valence electrons. The van der Waals surface area contributed by atoms with Crippen molar-refractivity contribution >= 4 is 36.0 Å². The Balaban J connectivity index is 2.66. The predicted molar refractivity (Wildman–Crippen MR) is 98.5 cm³/mol. The summed E-state index contributed by atoms with van der Waals surface area (Å²) in [5.41, 5.74) is 0.234. The maximum atomic E-state index is 12.8. The van der Waals surface area contributed by atoms with Gasteiger partial charge in [-0.15, -0.1) is 0 Å². The fourth-order valence-corrected chi connectivity index (χ4v) is 6.11. The van der Waals surface area contributed by atoms with Crippen molar-refractivity contribution < 1.29 is 16.8 Å². The lowest BCUT2D eigenvalue weighted by Crippen LogP contribution is -2.31. The van der Waals surface area contributed by atoms with Crippen molar-refractivity contribution in [3.8, 4) is 0 Å². The van der Waals surface area contributed by atoms with Gasteiger partial charge in [-0.05, 0) is 38.1 Å². The van der Waals surface area contributed by atoms with Gasteiger partial charge in [-0.2, -0.15) is 21.9 Å². The second-order valence-electron chi connectivity index (χ2n) is 5.39. The summed E-state index contributed by atoms with van der Waals surface area (Å²) in [7, 11) is -7.80. The van der Waals surface area contributed by atoms with Gasteiger partial charge in [-0.25, -0.2) is 8.42 Å². The summed E-state index contributed by atoms with van der Waals surface area (Å²) in [5.74, 6) is 0. The van der Waals surface area contributed by atoms with E-state index in [9.17, 15) is 16.8 Å². The third kappa shape index (κ3) is 3.53. The first-order valence-corrected chi connectivity index (χ1v) is 11.3. The average Bonchev–Trinajstić information content (AvgIpc) is 2.84. The number of halogens is 1. The van der Waals surface area contributed by atoms with E-state index in [-0.39, 0.29) is 21.2 Å². The first-order chi connectivity index (χ1) is 11.6. The molecule has 1 heterocycles. The van der Waals surface area contributed by atoms with Crippen LogP contribution in [0.25, 0.3) is 0 Å². The van der Waals surface area contributed by atoms with Crippen LogP contribution in [0.3, 0.4) is 0 Å². The van der Waals surface area contributed by atoms with Crippen molar-refractivity contribution in [3.63, 3.8) is 0 Å². The van der Waals surface area contributed by atoms with Crippen molar-refractivity contribution in [3.05, 3.63) is 40.1 Å². The quantitative estimate of drug-likeness (QED) is 0.675. The second kappa shape index (κ2) is 7.18. The van der Waals surface area contributed by atoms with Gasteiger partial charge in [0.05, 0.1) is 16.3 Å². The zero-order chi connectivity index (χ0) is 19.0. The molecule has 10 heteroatoms. The van der Waals surface area contributed by atoms with Gasteiger partial charge in [0.25, 0.3) is 10.0 Å². The molecular formula is C15H20BrN3O4S2. The van der Waals surface area contributed by atoms with Gasteiger partial charge in [0.1, 0.15) is 4.90 Å². The number of benzene rings is 1. The predicted octanol–water partition coefficient (Wildman–Crippen LogP) is 2.53. The van der Waals surface area contributed by atoms with E-state index < -0.39 is 20.0 Å². The maximum absolute atomic E-state index is 12.8. The molecule has 0 aliphatic rings. The summed E-state index contributed by atoms with van der Waals surface area (Å²) >= 11 is 3.25. The summed E-state index contributed by atoms with van der Waals surface area (Å²) in [6.07, 6.45) is 0. The third-order valence-corrected chi connectivity index (χ3v) is 8.34. The fraction of sp³-hybridized carbons (Fsp3) is 0.400. The highest BCUT2D eigenvalue weighted by Gasteiger charge is 2.32. The molecule has 0 bridgehead atoms. The van der Waals surface area contributed by atoms with E-state index in [1.54, 1.807) is 26.0 Å². The molecule has 1 aromatic carbocycles. The molecule has 0 atom stereocenters. The molecule has 0 saturated carbocycles. The van der Waals surface area contributed by atoms with Gasteiger partial charge in [0.2, 0.25) is 10.0 Å². The first kappa shape index (κ1) is 20.1. The second-order valence-corrected chi connectivity index (χ2v) is 9.95. The van der Waals surface area contributed by atoms with Crippen molar-refractivity contribution in [2.45, 2.75) is 37.5 Å². The number of rotatable bonds is 6. The van der Waals surface area contributed by atoms with Crippen LogP contribution in [0.15, 0.2) is 38.5 Å². The molecule has 0 radical (unpaired) electrons. The summed E-state index contributed by atoms with van der Waals surface area (Å²) in [4.78, 5) is -0.0232. The molecule has 0 amide bonds. The largest absolute Gasteiger partial charge is 0.283 e. The van der Waals surface area contributed by atoms with Gasteiger partial charge in [0, 0.05) is 17.6 Å². The van der Waals surface area contributed by atoms with Crippen LogP contribution >= 0.6 is 15.9 Å². The molecule has 0 aliphatic carbocycles. The Morgan fingerprint density at radius 2 is 1.56 bits per heavy atom. The van der Waals surface area contributed by atoms with Gasteiger partial charge >= 0.3 is 0 Å². The van der Waals surface area contributed by atoms with E-state index in [0.717, 1.165) is 8.56 Å². The number of sulfonamides is 1. The van der Waals surface area contributed by atoms with E-state index in [4.69, 9.17) is 0 Å². The standard InChI is InChI=1S/C15H20BrN3O4S2/c1-5-18(6-2)25(22,23)15-11(3)17-19(12(15)4)24(20,21)14-9-7-13(16)8-10-14/h7-10H,5-6H2,1-4H3. The summed E-state index contributed by atoms with van der Waals surface area (Å²) in [5, 5.41) is 4.01. The Bertz CT molecular complexity index is 977. The fourth-order valence-electron chi connectivity index (χ4n) is 2.61. The Hall–Kier alpha value is -1.23. The van der Waals surface area contributed by atoms with Crippen LogP contribution in [-0.4, -0.2) is 43.4 Å². The zero-order valence-corrected chi connectivity index (χ0v) is 17.6. The molecule has 0 aliphatic heterocycles.